The molecule has 1 aromatic carbocycles. The number of unbranched alkanes of at least 4 members (excludes halogenated alkanes) is 1. The van der Waals surface area contributed by atoms with Gasteiger partial charge in [0.05, 0.1) is 6.10 Å². The van der Waals surface area contributed by atoms with Crippen LogP contribution in [-0.2, 0) is 0 Å². The highest BCUT2D eigenvalue weighted by Crippen LogP contribution is 2.06. The molecule has 78 valence electrons. The molecule has 2 heteroatoms. The molecule has 0 heterocycles. The highest BCUT2D eigenvalue weighted by molar-refractivity contribution is 5.42. The van der Waals surface area contributed by atoms with Crippen LogP contribution in [0.3, 0.4) is 0 Å². The third kappa shape index (κ3) is 4.28. The molecule has 1 aromatic rings. The lowest BCUT2D eigenvalue weighted by molar-refractivity contribution is 0.174. The fraction of sp³-hybridized carbons (Fsp3) is 0.500. The molecule has 0 spiro atoms. The van der Waals surface area contributed by atoms with Crippen LogP contribution in [0, 0.1) is 0 Å². The average Bonchev–Trinajstić information content (AvgIpc) is 2.25. The Hall–Kier alpha value is -1.02. The minimum absolute atomic E-state index is 0.227. The van der Waals surface area contributed by atoms with Gasteiger partial charge in [0, 0.05) is 12.2 Å². The Labute approximate surface area is 86.0 Å². The van der Waals surface area contributed by atoms with Crippen molar-refractivity contribution >= 4 is 5.69 Å². The Kier molecular flexibility index (Phi) is 5.08. The first-order valence-electron chi connectivity index (χ1n) is 5.30. The second kappa shape index (κ2) is 6.44. The van der Waals surface area contributed by atoms with Crippen LogP contribution >= 0.6 is 0 Å². The first kappa shape index (κ1) is 11.1. The number of nitrogens with one attached hydrogen (secondary N) is 1. The predicted octanol–water partition coefficient (Wildman–Crippen LogP) is 2.65. The van der Waals surface area contributed by atoms with Crippen molar-refractivity contribution in [2.24, 2.45) is 0 Å². The molecule has 0 bridgehead atoms. The molecule has 0 aliphatic rings. The SMILES string of the molecule is CCCCC(O)CNc1ccccc1. The smallest absolute Gasteiger partial charge is 0.0712 e. The molecule has 0 fully saturated rings. The van der Waals surface area contributed by atoms with Crippen LogP contribution in [0.15, 0.2) is 30.3 Å². The molecule has 0 saturated heterocycles. The van der Waals surface area contributed by atoms with Gasteiger partial charge < -0.3 is 10.4 Å². The summed E-state index contributed by atoms with van der Waals surface area (Å²) in [6, 6.07) is 9.97. The molecule has 1 atom stereocenters. The molecule has 0 saturated carbocycles. The maximum atomic E-state index is 9.58. The second-order valence-corrected chi connectivity index (χ2v) is 3.54. The highest BCUT2D eigenvalue weighted by Gasteiger charge is 2.01. The largest absolute Gasteiger partial charge is 0.391 e. The van der Waals surface area contributed by atoms with Crippen molar-refractivity contribution in [1.29, 1.82) is 0 Å². The van der Waals surface area contributed by atoms with Crippen molar-refractivity contribution in [2.45, 2.75) is 32.3 Å². The van der Waals surface area contributed by atoms with E-state index in [1.807, 2.05) is 30.3 Å². The molecular formula is C12H19NO. The molecule has 1 unspecified atom stereocenters. The Balaban J connectivity index is 2.20. The summed E-state index contributed by atoms with van der Waals surface area (Å²) >= 11 is 0. The van der Waals surface area contributed by atoms with Gasteiger partial charge in [-0.2, -0.15) is 0 Å². The number of para-hydroxylation sites is 1. The lowest BCUT2D eigenvalue weighted by Crippen LogP contribution is -2.19. The number of aliphatic hydroxyl groups is 1. The number of hydrogen-bond acceptors (Lipinski definition) is 2. The van der Waals surface area contributed by atoms with Crippen molar-refractivity contribution in [3.63, 3.8) is 0 Å². The minimum atomic E-state index is -0.227. The van der Waals surface area contributed by atoms with Crippen molar-refractivity contribution in [2.75, 3.05) is 11.9 Å². The first-order chi connectivity index (χ1) is 6.83. The standard InChI is InChI=1S/C12H19NO/c1-2-3-9-12(14)10-13-11-7-5-4-6-8-11/h4-8,12-14H,2-3,9-10H2,1H3. The summed E-state index contributed by atoms with van der Waals surface area (Å²) in [5, 5.41) is 12.8. The van der Waals surface area contributed by atoms with Gasteiger partial charge in [0.2, 0.25) is 0 Å². The van der Waals surface area contributed by atoms with Gasteiger partial charge >= 0.3 is 0 Å². The molecular weight excluding hydrogens is 174 g/mol. The Bertz CT molecular complexity index is 235. The van der Waals surface area contributed by atoms with E-state index in [1.54, 1.807) is 0 Å². The van der Waals surface area contributed by atoms with E-state index >= 15 is 0 Å². The lowest BCUT2D eigenvalue weighted by atomic mass is 10.1. The van der Waals surface area contributed by atoms with E-state index in [1.165, 1.54) is 0 Å². The molecule has 1 rings (SSSR count). The van der Waals surface area contributed by atoms with E-state index in [9.17, 15) is 5.11 Å². The second-order valence-electron chi connectivity index (χ2n) is 3.54. The van der Waals surface area contributed by atoms with Gasteiger partial charge in [-0.3, -0.25) is 0 Å². The Morgan fingerprint density at radius 3 is 2.64 bits per heavy atom. The van der Waals surface area contributed by atoms with E-state index < -0.39 is 0 Å². The summed E-state index contributed by atoms with van der Waals surface area (Å²) in [5.74, 6) is 0. The lowest BCUT2D eigenvalue weighted by Gasteiger charge is -2.11. The maximum Gasteiger partial charge on any atom is 0.0712 e. The maximum absolute atomic E-state index is 9.58. The van der Waals surface area contributed by atoms with Crippen LogP contribution in [0.5, 0.6) is 0 Å². The van der Waals surface area contributed by atoms with Crippen LogP contribution in [0.25, 0.3) is 0 Å². The summed E-state index contributed by atoms with van der Waals surface area (Å²) in [5.41, 5.74) is 1.07. The van der Waals surface area contributed by atoms with Crippen LogP contribution in [0.1, 0.15) is 26.2 Å². The minimum Gasteiger partial charge on any atom is -0.391 e. The highest BCUT2D eigenvalue weighted by atomic mass is 16.3. The summed E-state index contributed by atoms with van der Waals surface area (Å²) in [7, 11) is 0. The van der Waals surface area contributed by atoms with Gasteiger partial charge in [-0.25, -0.2) is 0 Å². The molecule has 0 amide bonds. The third-order valence-electron chi connectivity index (χ3n) is 2.21. The number of hydrogen-bond donors (Lipinski definition) is 2. The van der Waals surface area contributed by atoms with E-state index in [-0.39, 0.29) is 6.10 Å². The Morgan fingerprint density at radius 2 is 2.00 bits per heavy atom. The average molecular weight is 193 g/mol. The van der Waals surface area contributed by atoms with Gasteiger partial charge in [-0.05, 0) is 18.6 Å². The van der Waals surface area contributed by atoms with Crippen LogP contribution < -0.4 is 5.32 Å². The number of rotatable bonds is 6. The Morgan fingerprint density at radius 1 is 1.29 bits per heavy atom. The topological polar surface area (TPSA) is 32.3 Å². The van der Waals surface area contributed by atoms with Gasteiger partial charge in [-0.1, -0.05) is 38.0 Å². The van der Waals surface area contributed by atoms with E-state index in [0.717, 1.165) is 24.9 Å². The summed E-state index contributed by atoms with van der Waals surface area (Å²) in [4.78, 5) is 0. The monoisotopic (exact) mass is 193 g/mol. The van der Waals surface area contributed by atoms with Gasteiger partial charge in [0.25, 0.3) is 0 Å². The molecule has 2 N–H and O–H groups in total. The van der Waals surface area contributed by atoms with Gasteiger partial charge in [0.1, 0.15) is 0 Å². The molecule has 0 radical (unpaired) electrons. The van der Waals surface area contributed by atoms with Crippen LogP contribution in [-0.4, -0.2) is 17.8 Å². The zero-order chi connectivity index (χ0) is 10.2. The van der Waals surface area contributed by atoms with Crippen molar-refractivity contribution in [3.8, 4) is 0 Å². The van der Waals surface area contributed by atoms with Gasteiger partial charge in [-0.15, -0.1) is 0 Å². The van der Waals surface area contributed by atoms with Crippen molar-refractivity contribution in [3.05, 3.63) is 30.3 Å². The summed E-state index contributed by atoms with van der Waals surface area (Å²) in [6.07, 6.45) is 2.89. The van der Waals surface area contributed by atoms with Crippen molar-refractivity contribution in [1.82, 2.24) is 0 Å². The van der Waals surface area contributed by atoms with E-state index in [0.29, 0.717) is 6.54 Å². The zero-order valence-corrected chi connectivity index (χ0v) is 8.74. The fourth-order valence-electron chi connectivity index (χ4n) is 1.33. The fourth-order valence-corrected chi connectivity index (χ4v) is 1.33. The van der Waals surface area contributed by atoms with E-state index in [4.69, 9.17) is 0 Å². The number of anilines is 1. The van der Waals surface area contributed by atoms with Crippen LogP contribution in [0.2, 0.25) is 0 Å². The van der Waals surface area contributed by atoms with E-state index in [2.05, 4.69) is 12.2 Å². The molecule has 2 nitrogen and oxygen atoms in total. The number of benzene rings is 1. The molecule has 0 aromatic heterocycles. The van der Waals surface area contributed by atoms with Crippen LogP contribution in [0.4, 0.5) is 5.69 Å². The first-order valence-corrected chi connectivity index (χ1v) is 5.30. The summed E-state index contributed by atoms with van der Waals surface area (Å²) < 4.78 is 0. The molecule has 14 heavy (non-hydrogen) atoms. The quantitative estimate of drug-likeness (QED) is 0.728. The predicted molar refractivity (Wildman–Crippen MR) is 60.5 cm³/mol. The summed E-state index contributed by atoms with van der Waals surface area (Å²) in [6.45, 7) is 2.78. The normalized spacial score (nSPS) is 12.4. The van der Waals surface area contributed by atoms with Gasteiger partial charge in [0.15, 0.2) is 0 Å². The third-order valence-corrected chi connectivity index (χ3v) is 2.21. The zero-order valence-electron chi connectivity index (χ0n) is 8.74. The van der Waals surface area contributed by atoms with Crippen molar-refractivity contribution < 1.29 is 5.11 Å². The number of aliphatic hydroxyl groups excluding tert-OH is 1. The molecule has 0 aliphatic heterocycles. The molecule has 0 aliphatic carbocycles.